The SMILES string of the molecule is CCCN(CCC)C(=O)C1=CC(C)=CC(C(N)=O)([C@H](Cc2cc(F)cc(F)c2)[C@@H](O)CNCc2cccc(-c3ccc(C(C)=O)s3)c2)C1. The molecule has 1 heterocycles. The number of hydrogen-bond acceptors (Lipinski definition) is 6. The molecule has 0 bridgehead atoms. The third-order valence-corrected chi connectivity index (χ3v) is 9.96. The van der Waals surface area contributed by atoms with Gasteiger partial charge in [-0.05, 0) is 86.6 Å². The van der Waals surface area contributed by atoms with E-state index in [0.717, 1.165) is 34.9 Å². The number of benzene rings is 2. The van der Waals surface area contributed by atoms with Crippen LogP contribution < -0.4 is 11.1 Å². The third kappa shape index (κ3) is 8.92. The monoisotopic (exact) mass is 677 g/mol. The highest BCUT2D eigenvalue weighted by Gasteiger charge is 2.48. The summed E-state index contributed by atoms with van der Waals surface area (Å²) in [4.78, 5) is 42.5. The second-order valence-electron chi connectivity index (χ2n) is 12.6. The van der Waals surface area contributed by atoms with Crippen LogP contribution in [0.15, 0.2) is 77.9 Å². The van der Waals surface area contributed by atoms with Gasteiger partial charge in [-0.25, -0.2) is 8.78 Å². The number of carbonyl (C=O) groups excluding carboxylic acids is 3. The number of aliphatic hydroxyl groups excluding tert-OH is 1. The van der Waals surface area contributed by atoms with Gasteiger partial charge in [-0.3, -0.25) is 14.4 Å². The number of primary amides is 1. The zero-order chi connectivity index (χ0) is 35.0. The molecule has 10 heteroatoms. The van der Waals surface area contributed by atoms with Crippen molar-refractivity contribution in [3.8, 4) is 10.4 Å². The molecule has 0 spiro atoms. The van der Waals surface area contributed by atoms with Crippen LogP contribution in [0, 0.1) is 23.0 Å². The Bertz CT molecular complexity index is 1670. The van der Waals surface area contributed by atoms with Gasteiger partial charge in [-0.2, -0.15) is 0 Å². The molecule has 256 valence electrons. The first kappa shape index (κ1) is 36.8. The van der Waals surface area contributed by atoms with Gasteiger partial charge in [0.1, 0.15) is 11.6 Å². The van der Waals surface area contributed by atoms with Crippen molar-refractivity contribution >= 4 is 28.9 Å². The molecule has 7 nitrogen and oxygen atoms in total. The zero-order valence-electron chi connectivity index (χ0n) is 28.0. The molecule has 1 unspecified atom stereocenters. The van der Waals surface area contributed by atoms with Gasteiger partial charge in [-0.15, -0.1) is 11.3 Å². The minimum absolute atomic E-state index is 0.0107. The third-order valence-electron chi connectivity index (χ3n) is 8.73. The zero-order valence-corrected chi connectivity index (χ0v) is 28.8. The van der Waals surface area contributed by atoms with Crippen LogP contribution in [0.2, 0.25) is 0 Å². The molecular formula is C38H45F2N3O4S. The van der Waals surface area contributed by atoms with Crippen LogP contribution in [-0.2, 0) is 22.6 Å². The number of nitrogens with zero attached hydrogens (tertiary/aromatic N) is 1. The van der Waals surface area contributed by atoms with E-state index >= 15 is 0 Å². The van der Waals surface area contributed by atoms with Gasteiger partial charge in [0.15, 0.2) is 5.78 Å². The lowest BCUT2D eigenvalue weighted by molar-refractivity contribution is -0.132. The number of Topliss-reactive ketones (excluding diaryl/α,β-unsaturated/α-hetero) is 1. The summed E-state index contributed by atoms with van der Waals surface area (Å²) in [6.07, 6.45) is 3.68. The number of halogens is 2. The van der Waals surface area contributed by atoms with Crippen LogP contribution in [0.3, 0.4) is 0 Å². The molecule has 0 aliphatic heterocycles. The summed E-state index contributed by atoms with van der Waals surface area (Å²) in [5.74, 6) is -3.38. The number of hydrogen-bond donors (Lipinski definition) is 3. The number of allylic oxidation sites excluding steroid dienone is 2. The summed E-state index contributed by atoms with van der Waals surface area (Å²) in [5, 5.41) is 15.1. The molecule has 2 aromatic carbocycles. The lowest BCUT2D eigenvalue weighted by Gasteiger charge is -2.42. The van der Waals surface area contributed by atoms with Crippen molar-refractivity contribution in [1.29, 1.82) is 0 Å². The highest BCUT2D eigenvalue weighted by molar-refractivity contribution is 7.17. The van der Waals surface area contributed by atoms with Crippen molar-refractivity contribution in [1.82, 2.24) is 10.2 Å². The van der Waals surface area contributed by atoms with Crippen molar-refractivity contribution in [2.24, 2.45) is 17.1 Å². The first-order valence-corrected chi connectivity index (χ1v) is 17.2. The number of thiophene rings is 1. The first-order chi connectivity index (χ1) is 22.9. The average molecular weight is 678 g/mol. The lowest BCUT2D eigenvalue weighted by atomic mass is 9.63. The molecule has 0 saturated carbocycles. The summed E-state index contributed by atoms with van der Waals surface area (Å²) in [7, 11) is 0. The average Bonchev–Trinajstić information content (AvgIpc) is 3.54. The fourth-order valence-electron chi connectivity index (χ4n) is 6.58. The highest BCUT2D eigenvalue weighted by Crippen LogP contribution is 2.44. The van der Waals surface area contributed by atoms with E-state index < -0.39 is 35.0 Å². The molecule has 3 atom stereocenters. The maximum absolute atomic E-state index is 14.3. The van der Waals surface area contributed by atoms with E-state index in [4.69, 9.17) is 5.73 Å². The Morgan fingerprint density at radius 1 is 1.02 bits per heavy atom. The van der Waals surface area contributed by atoms with E-state index in [2.05, 4.69) is 5.32 Å². The number of ketones is 1. The van der Waals surface area contributed by atoms with Crippen LogP contribution in [0.1, 0.15) is 67.8 Å². The molecule has 48 heavy (non-hydrogen) atoms. The van der Waals surface area contributed by atoms with Crippen LogP contribution in [0.5, 0.6) is 0 Å². The van der Waals surface area contributed by atoms with Gasteiger partial charge < -0.3 is 21.1 Å². The fourth-order valence-corrected chi connectivity index (χ4v) is 7.48. The van der Waals surface area contributed by atoms with E-state index in [0.29, 0.717) is 35.7 Å². The van der Waals surface area contributed by atoms with Gasteiger partial charge in [0.05, 0.1) is 16.4 Å². The van der Waals surface area contributed by atoms with Crippen LogP contribution in [-0.4, -0.2) is 53.3 Å². The van der Waals surface area contributed by atoms with E-state index in [1.165, 1.54) is 30.4 Å². The van der Waals surface area contributed by atoms with E-state index in [1.807, 2.05) is 50.2 Å². The molecule has 2 amide bonds. The predicted octanol–water partition coefficient (Wildman–Crippen LogP) is 6.60. The molecule has 1 aliphatic rings. The Labute approximate surface area is 285 Å². The molecule has 0 radical (unpaired) electrons. The summed E-state index contributed by atoms with van der Waals surface area (Å²) >= 11 is 1.42. The summed E-state index contributed by atoms with van der Waals surface area (Å²) in [5.41, 5.74) is 7.84. The predicted molar refractivity (Wildman–Crippen MR) is 186 cm³/mol. The van der Waals surface area contributed by atoms with Crippen molar-refractivity contribution in [3.05, 3.63) is 106 Å². The summed E-state index contributed by atoms with van der Waals surface area (Å²) in [6.45, 7) is 8.82. The normalized spacial score (nSPS) is 17.3. The number of rotatable bonds is 16. The van der Waals surface area contributed by atoms with Crippen molar-refractivity contribution in [2.75, 3.05) is 19.6 Å². The standard InChI is InChI=1S/C38H45F2N3O4S/c1-5-12-43(13-6-2)36(46)29-14-24(3)20-38(21-29,37(41)47)32(18-27-16-30(39)19-31(40)17-27)33(45)23-42-22-26-8-7-9-28(15-26)35-11-10-34(48-35)25(4)44/h7-11,14-17,19-20,32-33,42,45H,5-6,12-13,18,21-23H2,1-4H3,(H2,41,47)/t32-,33+,38?/m1/s1. The second-order valence-corrected chi connectivity index (χ2v) is 13.7. The van der Waals surface area contributed by atoms with Gasteiger partial charge >= 0.3 is 0 Å². The Morgan fingerprint density at radius 3 is 2.31 bits per heavy atom. The first-order valence-electron chi connectivity index (χ1n) is 16.4. The van der Waals surface area contributed by atoms with Crippen LogP contribution in [0.4, 0.5) is 8.78 Å². The van der Waals surface area contributed by atoms with Gasteiger partial charge in [0, 0.05) is 48.6 Å². The number of nitrogens with two attached hydrogens (primary N) is 1. The molecule has 0 saturated heterocycles. The minimum Gasteiger partial charge on any atom is -0.391 e. The Morgan fingerprint density at radius 2 is 1.71 bits per heavy atom. The minimum atomic E-state index is -1.51. The molecular weight excluding hydrogens is 632 g/mol. The van der Waals surface area contributed by atoms with E-state index in [9.17, 15) is 28.3 Å². The summed E-state index contributed by atoms with van der Waals surface area (Å²) < 4.78 is 28.7. The highest BCUT2D eigenvalue weighted by atomic mass is 32.1. The summed E-state index contributed by atoms with van der Waals surface area (Å²) in [6, 6.07) is 14.7. The molecule has 1 aliphatic carbocycles. The number of nitrogens with one attached hydrogen (secondary N) is 1. The van der Waals surface area contributed by atoms with E-state index in [1.54, 1.807) is 24.0 Å². The largest absolute Gasteiger partial charge is 0.391 e. The fraction of sp³-hybridized carbons (Fsp3) is 0.395. The van der Waals surface area contributed by atoms with E-state index in [-0.39, 0.29) is 36.6 Å². The quantitative estimate of drug-likeness (QED) is 0.148. The van der Waals surface area contributed by atoms with Gasteiger partial charge in [-0.1, -0.05) is 49.8 Å². The topological polar surface area (TPSA) is 113 Å². The number of amides is 2. The Balaban J connectivity index is 1.62. The number of aliphatic hydroxyl groups is 1. The van der Waals surface area contributed by atoms with Gasteiger partial charge in [0.2, 0.25) is 11.8 Å². The molecule has 4 rings (SSSR count). The molecule has 4 N–H and O–H groups in total. The second kappa shape index (κ2) is 16.4. The maximum atomic E-state index is 14.3. The molecule has 0 fully saturated rings. The van der Waals surface area contributed by atoms with Crippen molar-refractivity contribution in [3.63, 3.8) is 0 Å². The van der Waals surface area contributed by atoms with Gasteiger partial charge in [0.25, 0.3) is 0 Å². The number of carbonyl (C=O) groups is 3. The van der Waals surface area contributed by atoms with Crippen LogP contribution in [0.25, 0.3) is 10.4 Å². The Hall–Kier alpha value is -3.99. The van der Waals surface area contributed by atoms with Crippen molar-refractivity contribution in [2.45, 2.75) is 66.0 Å². The van der Waals surface area contributed by atoms with Crippen LogP contribution >= 0.6 is 11.3 Å². The Kier molecular flexibility index (Phi) is 12.6. The van der Waals surface area contributed by atoms with Crippen molar-refractivity contribution < 1.29 is 28.3 Å². The lowest BCUT2D eigenvalue weighted by Crippen LogP contribution is -2.51. The molecule has 3 aromatic rings. The molecule has 1 aromatic heterocycles. The smallest absolute Gasteiger partial charge is 0.249 e. The maximum Gasteiger partial charge on any atom is 0.249 e.